The van der Waals surface area contributed by atoms with Gasteiger partial charge in [-0.15, -0.1) is 0 Å². The van der Waals surface area contributed by atoms with E-state index in [1.807, 2.05) is 30.3 Å². The molecular formula is C22H35NO7. The second kappa shape index (κ2) is 13.6. The highest BCUT2D eigenvalue weighted by molar-refractivity contribution is 5.67. The van der Waals surface area contributed by atoms with Crippen molar-refractivity contribution in [1.82, 2.24) is 5.32 Å². The van der Waals surface area contributed by atoms with Gasteiger partial charge in [0.05, 0.1) is 0 Å². The van der Waals surface area contributed by atoms with E-state index in [2.05, 4.69) is 12.2 Å². The second-order valence-electron chi connectivity index (χ2n) is 7.60. The molecule has 1 fully saturated rings. The minimum atomic E-state index is -1.43. The number of carbonyl (C=O) groups excluding carboxylic acids is 1. The first kappa shape index (κ1) is 24.6. The number of carbonyl (C=O) groups is 1. The SMILES string of the molecule is CCCCCCCCOC1O[C@H](CNC(=O)OCc2ccccc2)[C@@H](O)[C@H](O)[C@H]1O. The van der Waals surface area contributed by atoms with Gasteiger partial charge < -0.3 is 34.8 Å². The number of benzene rings is 1. The minimum absolute atomic E-state index is 0.0878. The van der Waals surface area contributed by atoms with Crippen LogP contribution < -0.4 is 5.32 Å². The zero-order chi connectivity index (χ0) is 21.8. The summed E-state index contributed by atoms with van der Waals surface area (Å²) in [6.45, 7) is 2.58. The number of nitrogens with one attached hydrogen (secondary N) is 1. The lowest BCUT2D eigenvalue weighted by Gasteiger charge is -2.40. The summed E-state index contributed by atoms with van der Waals surface area (Å²) in [5.74, 6) is 0. The number of alkyl carbamates (subject to hydrolysis) is 1. The Bertz CT molecular complexity index is 600. The first-order valence-corrected chi connectivity index (χ1v) is 10.8. The number of aliphatic hydroxyl groups is 3. The average Bonchev–Trinajstić information content (AvgIpc) is 2.76. The molecule has 1 heterocycles. The highest BCUT2D eigenvalue weighted by Gasteiger charge is 2.44. The highest BCUT2D eigenvalue weighted by Crippen LogP contribution is 2.22. The molecule has 0 saturated carbocycles. The lowest BCUT2D eigenvalue weighted by molar-refractivity contribution is -0.295. The first-order chi connectivity index (χ1) is 14.5. The van der Waals surface area contributed by atoms with Gasteiger partial charge >= 0.3 is 6.09 Å². The molecular weight excluding hydrogens is 390 g/mol. The topological polar surface area (TPSA) is 117 Å². The van der Waals surface area contributed by atoms with Crippen molar-refractivity contribution in [2.45, 2.75) is 82.8 Å². The fraction of sp³-hybridized carbons (Fsp3) is 0.682. The lowest BCUT2D eigenvalue weighted by atomic mass is 9.99. The van der Waals surface area contributed by atoms with Crippen molar-refractivity contribution >= 4 is 6.09 Å². The van der Waals surface area contributed by atoms with E-state index in [9.17, 15) is 20.1 Å². The van der Waals surface area contributed by atoms with E-state index in [-0.39, 0.29) is 13.2 Å². The van der Waals surface area contributed by atoms with Gasteiger partial charge in [-0.05, 0) is 12.0 Å². The third kappa shape index (κ3) is 8.20. The quantitative estimate of drug-likeness (QED) is 0.379. The smallest absolute Gasteiger partial charge is 0.407 e. The molecule has 0 radical (unpaired) electrons. The maximum atomic E-state index is 11.9. The van der Waals surface area contributed by atoms with Crippen molar-refractivity contribution in [2.75, 3.05) is 13.2 Å². The molecule has 1 amide bonds. The Morgan fingerprint density at radius 1 is 1.00 bits per heavy atom. The van der Waals surface area contributed by atoms with Gasteiger partial charge in [-0.1, -0.05) is 69.4 Å². The summed E-state index contributed by atoms with van der Waals surface area (Å²) in [5.41, 5.74) is 0.850. The van der Waals surface area contributed by atoms with Crippen molar-refractivity contribution in [2.24, 2.45) is 0 Å². The molecule has 1 aromatic rings. The van der Waals surface area contributed by atoms with Crippen LogP contribution in [0.15, 0.2) is 30.3 Å². The highest BCUT2D eigenvalue weighted by atomic mass is 16.7. The number of rotatable bonds is 12. The van der Waals surface area contributed by atoms with Crippen molar-refractivity contribution < 1.29 is 34.3 Å². The lowest BCUT2D eigenvalue weighted by Crippen LogP contribution is -2.60. The molecule has 0 aromatic heterocycles. The predicted octanol–water partition coefficient (Wildman–Crippen LogP) is 2.10. The van der Waals surface area contributed by atoms with Gasteiger partial charge in [0.1, 0.15) is 31.0 Å². The summed E-state index contributed by atoms with van der Waals surface area (Å²) in [7, 11) is 0. The summed E-state index contributed by atoms with van der Waals surface area (Å²) < 4.78 is 16.3. The largest absolute Gasteiger partial charge is 0.445 e. The number of amides is 1. The van der Waals surface area contributed by atoms with Crippen molar-refractivity contribution in [3.8, 4) is 0 Å². The van der Waals surface area contributed by atoms with Gasteiger partial charge in [-0.3, -0.25) is 0 Å². The molecule has 1 unspecified atom stereocenters. The zero-order valence-electron chi connectivity index (χ0n) is 17.6. The summed E-state index contributed by atoms with van der Waals surface area (Å²) in [5, 5.41) is 32.9. The monoisotopic (exact) mass is 425 g/mol. The summed E-state index contributed by atoms with van der Waals surface area (Å²) in [4.78, 5) is 11.9. The molecule has 1 aromatic carbocycles. The summed E-state index contributed by atoms with van der Waals surface area (Å²) >= 11 is 0. The molecule has 170 valence electrons. The Morgan fingerprint density at radius 3 is 2.43 bits per heavy atom. The van der Waals surface area contributed by atoms with E-state index in [0.29, 0.717) is 6.61 Å². The molecule has 0 aliphatic carbocycles. The van der Waals surface area contributed by atoms with Crippen LogP contribution in [0.1, 0.15) is 51.0 Å². The number of ether oxygens (including phenoxy) is 3. The fourth-order valence-corrected chi connectivity index (χ4v) is 3.26. The van der Waals surface area contributed by atoms with Gasteiger partial charge in [0.25, 0.3) is 0 Å². The minimum Gasteiger partial charge on any atom is -0.445 e. The van der Waals surface area contributed by atoms with E-state index in [1.165, 1.54) is 19.3 Å². The Morgan fingerprint density at radius 2 is 1.70 bits per heavy atom. The molecule has 4 N–H and O–H groups in total. The second-order valence-corrected chi connectivity index (χ2v) is 7.60. The Hall–Kier alpha value is -1.71. The molecule has 0 bridgehead atoms. The Balaban J connectivity index is 1.71. The number of hydrogen-bond donors (Lipinski definition) is 4. The number of aliphatic hydroxyl groups excluding tert-OH is 3. The van der Waals surface area contributed by atoms with E-state index in [1.54, 1.807) is 0 Å². The van der Waals surface area contributed by atoms with Crippen molar-refractivity contribution in [1.29, 1.82) is 0 Å². The molecule has 1 saturated heterocycles. The van der Waals surface area contributed by atoms with Gasteiger partial charge in [0, 0.05) is 13.2 Å². The van der Waals surface area contributed by atoms with Crippen molar-refractivity contribution in [3.05, 3.63) is 35.9 Å². The van der Waals surface area contributed by atoms with E-state index in [4.69, 9.17) is 14.2 Å². The van der Waals surface area contributed by atoms with Crippen molar-refractivity contribution in [3.63, 3.8) is 0 Å². The Labute approximate surface area is 178 Å². The molecule has 30 heavy (non-hydrogen) atoms. The van der Waals surface area contributed by atoms with Crippen LogP contribution in [0.4, 0.5) is 4.79 Å². The predicted molar refractivity (Wildman–Crippen MR) is 111 cm³/mol. The van der Waals surface area contributed by atoms with Gasteiger partial charge in [0.15, 0.2) is 6.29 Å². The number of unbranched alkanes of at least 4 members (excludes halogenated alkanes) is 5. The third-order valence-electron chi connectivity index (χ3n) is 5.11. The van der Waals surface area contributed by atoms with E-state index < -0.39 is 36.8 Å². The Kier molecular flexibility index (Phi) is 11.1. The van der Waals surface area contributed by atoms with Gasteiger partial charge in [-0.2, -0.15) is 0 Å². The normalized spacial score (nSPS) is 26.3. The molecule has 8 heteroatoms. The number of hydrogen-bond acceptors (Lipinski definition) is 7. The average molecular weight is 426 g/mol. The van der Waals surface area contributed by atoms with Crippen LogP contribution in [0.5, 0.6) is 0 Å². The first-order valence-electron chi connectivity index (χ1n) is 10.8. The maximum absolute atomic E-state index is 11.9. The molecule has 1 aliphatic heterocycles. The third-order valence-corrected chi connectivity index (χ3v) is 5.11. The molecule has 8 nitrogen and oxygen atoms in total. The van der Waals surface area contributed by atoms with E-state index in [0.717, 1.165) is 24.8 Å². The summed E-state index contributed by atoms with van der Waals surface area (Å²) in [6, 6.07) is 9.24. The van der Waals surface area contributed by atoms with Crippen LogP contribution in [0.2, 0.25) is 0 Å². The maximum Gasteiger partial charge on any atom is 0.407 e. The van der Waals surface area contributed by atoms with Crippen LogP contribution >= 0.6 is 0 Å². The van der Waals surface area contributed by atoms with Crippen LogP contribution in [0.25, 0.3) is 0 Å². The van der Waals surface area contributed by atoms with Crippen LogP contribution in [-0.4, -0.2) is 65.3 Å². The molecule has 2 rings (SSSR count). The van der Waals surface area contributed by atoms with Gasteiger partial charge in [0.2, 0.25) is 0 Å². The summed E-state index contributed by atoms with van der Waals surface area (Å²) in [6.07, 6.45) is -0.234. The fourth-order valence-electron chi connectivity index (χ4n) is 3.26. The van der Waals surface area contributed by atoms with Gasteiger partial charge in [-0.25, -0.2) is 4.79 Å². The van der Waals surface area contributed by atoms with Crippen LogP contribution in [-0.2, 0) is 20.8 Å². The zero-order valence-corrected chi connectivity index (χ0v) is 17.6. The van der Waals surface area contributed by atoms with E-state index >= 15 is 0 Å². The van der Waals surface area contributed by atoms with Crippen LogP contribution in [0.3, 0.4) is 0 Å². The molecule has 1 aliphatic rings. The van der Waals surface area contributed by atoms with Crippen LogP contribution in [0, 0.1) is 0 Å². The molecule has 5 atom stereocenters. The standard InChI is InChI=1S/C22H35NO7/c1-2-3-4-5-6-10-13-28-21-20(26)19(25)18(24)17(30-21)14-23-22(27)29-15-16-11-8-7-9-12-16/h7-9,11-12,17-21,24-26H,2-6,10,13-15H2,1H3,(H,23,27)/t17-,18-,19+,20-,21?/m1/s1. The molecule has 0 spiro atoms.